The van der Waals surface area contributed by atoms with E-state index in [1.165, 1.54) is 0 Å². The maximum atomic E-state index is 12.1. The number of nitrogens with zero attached hydrogens (tertiary/aromatic N) is 4. The van der Waals surface area contributed by atoms with Crippen LogP contribution >= 0.6 is 0 Å². The molecule has 0 bridgehead atoms. The predicted molar refractivity (Wildman–Crippen MR) is 72.4 cm³/mol. The maximum absolute atomic E-state index is 12.1. The Kier molecular flexibility index (Phi) is 3.46. The molecule has 2 aromatic rings. The summed E-state index contributed by atoms with van der Waals surface area (Å²) in [5.41, 5.74) is 1.20. The quantitative estimate of drug-likeness (QED) is 0.756. The Hall–Kier alpha value is -2.22. The van der Waals surface area contributed by atoms with Crippen LogP contribution < -0.4 is 10.6 Å². The fourth-order valence-electron chi connectivity index (χ4n) is 2.28. The summed E-state index contributed by atoms with van der Waals surface area (Å²) in [6, 6.07) is 0.319. The third-order valence-corrected chi connectivity index (χ3v) is 3.49. The molecule has 3 heterocycles. The van der Waals surface area contributed by atoms with Gasteiger partial charge in [-0.25, -0.2) is 4.68 Å². The number of aromatic nitrogens is 5. The van der Waals surface area contributed by atoms with E-state index < -0.39 is 0 Å². The van der Waals surface area contributed by atoms with Crippen LogP contribution in [-0.4, -0.2) is 44.2 Å². The van der Waals surface area contributed by atoms with Gasteiger partial charge in [-0.05, 0) is 32.9 Å². The summed E-state index contributed by atoms with van der Waals surface area (Å²) in [5, 5.41) is 20.6. The number of piperidine rings is 1. The van der Waals surface area contributed by atoms with Crippen molar-refractivity contribution >= 4 is 11.7 Å². The van der Waals surface area contributed by atoms with Gasteiger partial charge in [0.15, 0.2) is 5.69 Å². The SMILES string of the molecule is Cc1cn[nH]c1NC(=O)c1cn(C2CCNCC2)nn1. The van der Waals surface area contributed by atoms with E-state index in [4.69, 9.17) is 0 Å². The lowest BCUT2D eigenvalue weighted by Crippen LogP contribution is -2.29. The van der Waals surface area contributed by atoms with Gasteiger partial charge in [-0.2, -0.15) is 5.10 Å². The molecule has 20 heavy (non-hydrogen) atoms. The van der Waals surface area contributed by atoms with Crippen molar-refractivity contribution in [1.82, 2.24) is 30.5 Å². The van der Waals surface area contributed by atoms with Crippen molar-refractivity contribution in [2.75, 3.05) is 18.4 Å². The van der Waals surface area contributed by atoms with Crippen LogP contribution in [0.1, 0.15) is 34.9 Å². The highest BCUT2D eigenvalue weighted by molar-refractivity contribution is 6.02. The molecule has 106 valence electrons. The Labute approximate surface area is 115 Å². The molecule has 0 unspecified atom stereocenters. The third kappa shape index (κ3) is 2.55. The zero-order valence-electron chi connectivity index (χ0n) is 11.3. The van der Waals surface area contributed by atoms with E-state index in [-0.39, 0.29) is 5.91 Å². The van der Waals surface area contributed by atoms with Gasteiger partial charge in [-0.3, -0.25) is 9.89 Å². The van der Waals surface area contributed by atoms with Gasteiger partial charge in [0.1, 0.15) is 5.82 Å². The molecule has 1 aliphatic rings. The molecule has 1 saturated heterocycles. The summed E-state index contributed by atoms with van der Waals surface area (Å²) in [5.74, 6) is 0.309. The Morgan fingerprint density at radius 1 is 1.45 bits per heavy atom. The average molecular weight is 275 g/mol. The summed E-state index contributed by atoms with van der Waals surface area (Å²) in [7, 11) is 0. The molecule has 1 fully saturated rings. The van der Waals surface area contributed by atoms with Crippen LogP contribution in [0.25, 0.3) is 0 Å². The van der Waals surface area contributed by atoms with Crippen LogP contribution in [0.15, 0.2) is 12.4 Å². The first-order valence-corrected chi connectivity index (χ1v) is 6.68. The smallest absolute Gasteiger partial charge is 0.278 e. The van der Waals surface area contributed by atoms with Crippen molar-refractivity contribution in [1.29, 1.82) is 0 Å². The molecule has 0 atom stereocenters. The number of hydrogen-bond donors (Lipinski definition) is 3. The van der Waals surface area contributed by atoms with Gasteiger partial charge in [0.2, 0.25) is 0 Å². The molecule has 0 spiro atoms. The molecule has 1 amide bonds. The third-order valence-electron chi connectivity index (χ3n) is 3.49. The van der Waals surface area contributed by atoms with E-state index in [1.807, 2.05) is 6.92 Å². The summed E-state index contributed by atoms with van der Waals surface area (Å²) in [4.78, 5) is 12.1. The van der Waals surface area contributed by atoms with Crippen LogP contribution in [0.3, 0.4) is 0 Å². The fraction of sp³-hybridized carbons (Fsp3) is 0.500. The number of carbonyl (C=O) groups excluding carboxylic acids is 1. The highest BCUT2D eigenvalue weighted by Crippen LogP contribution is 2.17. The number of H-pyrrole nitrogens is 1. The van der Waals surface area contributed by atoms with E-state index in [0.717, 1.165) is 31.5 Å². The molecule has 1 aliphatic heterocycles. The first kappa shape index (κ1) is 12.8. The van der Waals surface area contributed by atoms with E-state index in [1.54, 1.807) is 17.1 Å². The second-order valence-electron chi connectivity index (χ2n) is 4.95. The van der Waals surface area contributed by atoms with Crippen molar-refractivity contribution in [2.24, 2.45) is 0 Å². The van der Waals surface area contributed by atoms with Gasteiger partial charge in [0.25, 0.3) is 5.91 Å². The lowest BCUT2D eigenvalue weighted by molar-refractivity contribution is 0.102. The van der Waals surface area contributed by atoms with Crippen molar-refractivity contribution in [3.8, 4) is 0 Å². The minimum atomic E-state index is -0.280. The number of anilines is 1. The van der Waals surface area contributed by atoms with Crippen LogP contribution in [0.5, 0.6) is 0 Å². The lowest BCUT2D eigenvalue weighted by Gasteiger charge is -2.22. The highest BCUT2D eigenvalue weighted by atomic mass is 16.2. The van der Waals surface area contributed by atoms with Crippen LogP contribution in [-0.2, 0) is 0 Å². The maximum Gasteiger partial charge on any atom is 0.278 e. The first-order valence-electron chi connectivity index (χ1n) is 6.68. The van der Waals surface area contributed by atoms with E-state index in [0.29, 0.717) is 17.6 Å². The highest BCUT2D eigenvalue weighted by Gasteiger charge is 2.19. The van der Waals surface area contributed by atoms with Gasteiger partial charge in [-0.15, -0.1) is 5.10 Å². The topological polar surface area (TPSA) is 101 Å². The Morgan fingerprint density at radius 3 is 2.95 bits per heavy atom. The first-order chi connectivity index (χ1) is 9.74. The summed E-state index contributed by atoms with van der Waals surface area (Å²) < 4.78 is 1.79. The molecule has 8 nitrogen and oxygen atoms in total. The van der Waals surface area contributed by atoms with Crippen LogP contribution in [0.4, 0.5) is 5.82 Å². The number of amides is 1. The number of hydrogen-bond acceptors (Lipinski definition) is 5. The molecule has 2 aromatic heterocycles. The molecule has 3 N–H and O–H groups in total. The van der Waals surface area contributed by atoms with E-state index >= 15 is 0 Å². The standard InChI is InChI=1S/C12H17N7O/c1-8-6-14-17-11(8)15-12(20)10-7-19(18-16-10)9-2-4-13-5-3-9/h6-7,9,13H,2-5H2,1H3,(H2,14,15,17,20). The van der Waals surface area contributed by atoms with Gasteiger partial charge >= 0.3 is 0 Å². The molecular weight excluding hydrogens is 258 g/mol. The lowest BCUT2D eigenvalue weighted by atomic mass is 10.1. The zero-order valence-corrected chi connectivity index (χ0v) is 11.3. The number of carbonyl (C=O) groups is 1. The molecular formula is C12H17N7O. The monoisotopic (exact) mass is 275 g/mol. The second-order valence-corrected chi connectivity index (χ2v) is 4.95. The predicted octanol–water partition coefficient (Wildman–Crippen LogP) is 0.486. The molecule has 0 radical (unpaired) electrons. The van der Waals surface area contributed by atoms with Gasteiger partial charge < -0.3 is 10.6 Å². The summed E-state index contributed by atoms with van der Waals surface area (Å²) >= 11 is 0. The zero-order chi connectivity index (χ0) is 13.9. The minimum absolute atomic E-state index is 0.280. The van der Waals surface area contributed by atoms with Gasteiger partial charge in [0, 0.05) is 5.56 Å². The Bertz CT molecular complexity index is 596. The van der Waals surface area contributed by atoms with E-state index in [2.05, 4.69) is 31.1 Å². The number of aryl methyl sites for hydroxylation is 1. The summed E-state index contributed by atoms with van der Waals surface area (Å²) in [6.45, 7) is 3.81. The van der Waals surface area contributed by atoms with Gasteiger partial charge in [-0.1, -0.05) is 5.21 Å². The molecule has 3 rings (SSSR count). The minimum Gasteiger partial charge on any atom is -0.317 e. The fourth-order valence-corrected chi connectivity index (χ4v) is 2.28. The normalized spacial score (nSPS) is 16.2. The van der Waals surface area contributed by atoms with Gasteiger partial charge in [0.05, 0.1) is 18.4 Å². The van der Waals surface area contributed by atoms with Crippen LogP contribution in [0, 0.1) is 6.92 Å². The number of nitrogens with one attached hydrogen (secondary N) is 3. The second kappa shape index (κ2) is 5.41. The molecule has 0 saturated carbocycles. The van der Waals surface area contributed by atoms with Crippen molar-refractivity contribution in [3.05, 3.63) is 23.7 Å². The molecule has 0 aromatic carbocycles. The van der Waals surface area contributed by atoms with Crippen molar-refractivity contribution in [2.45, 2.75) is 25.8 Å². The molecule has 8 heteroatoms. The summed E-state index contributed by atoms with van der Waals surface area (Å²) in [6.07, 6.45) is 5.37. The number of rotatable bonds is 3. The largest absolute Gasteiger partial charge is 0.317 e. The Morgan fingerprint density at radius 2 is 2.25 bits per heavy atom. The average Bonchev–Trinajstić information content (AvgIpc) is 3.10. The van der Waals surface area contributed by atoms with Crippen molar-refractivity contribution in [3.63, 3.8) is 0 Å². The molecule has 0 aliphatic carbocycles. The number of aromatic amines is 1. The van der Waals surface area contributed by atoms with Crippen LogP contribution in [0.2, 0.25) is 0 Å². The van der Waals surface area contributed by atoms with Crippen molar-refractivity contribution < 1.29 is 4.79 Å². The Balaban J connectivity index is 1.69. The van der Waals surface area contributed by atoms with E-state index in [9.17, 15) is 4.79 Å².